The molecular formula is C14H18ClN3. The molecule has 0 radical (unpaired) electrons. The molecule has 1 N–H and O–H groups in total. The molecule has 2 aromatic rings. The predicted octanol–water partition coefficient (Wildman–Crippen LogP) is 3.17. The third-order valence-corrected chi connectivity index (χ3v) is 3.65. The van der Waals surface area contributed by atoms with Gasteiger partial charge in [-0.15, -0.1) is 0 Å². The number of aryl methyl sites for hydroxylation is 2. The van der Waals surface area contributed by atoms with E-state index in [1.54, 1.807) is 0 Å². The van der Waals surface area contributed by atoms with Crippen molar-refractivity contribution >= 4 is 11.6 Å². The maximum Gasteiger partial charge on any atom is 0.0620 e. The highest BCUT2D eigenvalue weighted by atomic mass is 35.5. The van der Waals surface area contributed by atoms with Crippen LogP contribution in [-0.4, -0.2) is 16.8 Å². The second-order valence-electron chi connectivity index (χ2n) is 4.33. The first-order chi connectivity index (χ1) is 8.67. The summed E-state index contributed by atoms with van der Waals surface area (Å²) in [5.41, 5.74) is 3.32. The molecule has 0 aliphatic rings. The third-order valence-electron chi connectivity index (χ3n) is 3.13. The lowest BCUT2D eigenvalue weighted by Crippen LogP contribution is -2.17. The summed E-state index contributed by atoms with van der Waals surface area (Å²) in [6, 6.07) is 6.19. The van der Waals surface area contributed by atoms with Crippen LogP contribution in [0.3, 0.4) is 0 Å². The minimum Gasteiger partial charge on any atom is -0.309 e. The summed E-state index contributed by atoms with van der Waals surface area (Å²) < 4.78 is 1.92. The highest BCUT2D eigenvalue weighted by molar-refractivity contribution is 6.32. The number of nitrogens with zero attached hydrogens (tertiary/aromatic N) is 2. The van der Waals surface area contributed by atoms with E-state index in [0.717, 1.165) is 28.3 Å². The SMILES string of the molecule is CCn1cc(C(NC)c2cccc(C)c2Cl)cn1. The maximum atomic E-state index is 6.39. The molecule has 0 saturated carbocycles. The van der Waals surface area contributed by atoms with Crippen molar-refractivity contribution in [2.75, 3.05) is 7.05 Å². The molecule has 2 rings (SSSR count). The molecule has 0 saturated heterocycles. The molecule has 1 aromatic carbocycles. The van der Waals surface area contributed by atoms with Gasteiger partial charge in [0.2, 0.25) is 0 Å². The molecular weight excluding hydrogens is 246 g/mol. The van der Waals surface area contributed by atoms with E-state index < -0.39 is 0 Å². The van der Waals surface area contributed by atoms with Gasteiger partial charge < -0.3 is 5.32 Å². The highest BCUT2D eigenvalue weighted by Gasteiger charge is 2.17. The van der Waals surface area contributed by atoms with Gasteiger partial charge in [-0.25, -0.2) is 0 Å². The number of halogens is 1. The minimum atomic E-state index is 0.0812. The standard InChI is InChI=1S/C14H18ClN3/c1-4-18-9-11(8-17-18)14(16-3)12-7-5-6-10(2)13(12)15/h5-9,14,16H,4H2,1-3H3. The summed E-state index contributed by atoms with van der Waals surface area (Å²) in [6.45, 7) is 4.97. The van der Waals surface area contributed by atoms with Gasteiger partial charge in [-0.05, 0) is 32.0 Å². The second-order valence-corrected chi connectivity index (χ2v) is 4.71. The van der Waals surface area contributed by atoms with Crippen LogP contribution in [0.15, 0.2) is 30.6 Å². The van der Waals surface area contributed by atoms with Gasteiger partial charge in [-0.3, -0.25) is 4.68 Å². The van der Waals surface area contributed by atoms with E-state index in [4.69, 9.17) is 11.6 Å². The number of hydrogen-bond acceptors (Lipinski definition) is 2. The van der Waals surface area contributed by atoms with Crippen molar-refractivity contribution < 1.29 is 0 Å². The van der Waals surface area contributed by atoms with Crippen LogP contribution in [0.4, 0.5) is 0 Å². The Morgan fingerprint density at radius 1 is 1.44 bits per heavy atom. The molecule has 0 bridgehead atoms. The Morgan fingerprint density at radius 3 is 2.83 bits per heavy atom. The van der Waals surface area contributed by atoms with Crippen LogP contribution in [0.25, 0.3) is 0 Å². The zero-order valence-corrected chi connectivity index (χ0v) is 11.7. The van der Waals surface area contributed by atoms with E-state index in [1.807, 2.05) is 37.0 Å². The van der Waals surface area contributed by atoms with Crippen LogP contribution in [-0.2, 0) is 6.54 Å². The molecule has 18 heavy (non-hydrogen) atoms. The number of benzene rings is 1. The van der Waals surface area contributed by atoms with Gasteiger partial charge in [0.1, 0.15) is 0 Å². The molecule has 1 atom stereocenters. The molecule has 0 aliphatic carbocycles. The van der Waals surface area contributed by atoms with Gasteiger partial charge in [0, 0.05) is 23.3 Å². The molecule has 1 heterocycles. The van der Waals surface area contributed by atoms with Crippen LogP contribution in [0.5, 0.6) is 0 Å². The highest BCUT2D eigenvalue weighted by Crippen LogP contribution is 2.29. The number of rotatable bonds is 4. The van der Waals surface area contributed by atoms with Gasteiger partial charge in [0.05, 0.1) is 12.2 Å². The summed E-state index contributed by atoms with van der Waals surface area (Å²) in [5, 5.41) is 8.44. The monoisotopic (exact) mass is 263 g/mol. The molecule has 0 amide bonds. The van der Waals surface area contributed by atoms with Gasteiger partial charge in [-0.1, -0.05) is 29.8 Å². The third kappa shape index (κ3) is 2.42. The molecule has 96 valence electrons. The Morgan fingerprint density at radius 2 is 2.22 bits per heavy atom. The van der Waals surface area contributed by atoms with E-state index in [9.17, 15) is 0 Å². The molecule has 1 unspecified atom stereocenters. The predicted molar refractivity (Wildman–Crippen MR) is 75.0 cm³/mol. The number of hydrogen-bond donors (Lipinski definition) is 1. The Balaban J connectivity index is 2.41. The molecule has 1 aromatic heterocycles. The van der Waals surface area contributed by atoms with E-state index in [0.29, 0.717) is 0 Å². The first-order valence-corrected chi connectivity index (χ1v) is 6.49. The topological polar surface area (TPSA) is 29.9 Å². The van der Waals surface area contributed by atoms with Crippen molar-refractivity contribution in [3.05, 3.63) is 52.3 Å². The number of nitrogens with one attached hydrogen (secondary N) is 1. The van der Waals surface area contributed by atoms with Crippen molar-refractivity contribution in [3.63, 3.8) is 0 Å². The summed E-state index contributed by atoms with van der Waals surface area (Å²) in [7, 11) is 1.94. The van der Waals surface area contributed by atoms with E-state index in [2.05, 4.69) is 29.6 Å². The summed E-state index contributed by atoms with van der Waals surface area (Å²) >= 11 is 6.39. The van der Waals surface area contributed by atoms with Gasteiger partial charge in [-0.2, -0.15) is 5.10 Å². The van der Waals surface area contributed by atoms with Crippen molar-refractivity contribution in [3.8, 4) is 0 Å². The summed E-state index contributed by atoms with van der Waals surface area (Å²) in [6.07, 6.45) is 3.95. The fraction of sp³-hybridized carbons (Fsp3) is 0.357. The largest absolute Gasteiger partial charge is 0.309 e. The lowest BCUT2D eigenvalue weighted by atomic mass is 10.00. The summed E-state index contributed by atoms with van der Waals surface area (Å²) in [5.74, 6) is 0. The molecule has 0 aliphatic heterocycles. The van der Waals surface area contributed by atoms with Crippen molar-refractivity contribution in [2.45, 2.75) is 26.4 Å². The zero-order valence-electron chi connectivity index (χ0n) is 10.9. The van der Waals surface area contributed by atoms with Crippen LogP contribution in [0, 0.1) is 6.92 Å². The van der Waals surface area contributed by atoms with Gasteiger partial charge in [0.15, 0.2) is 0 Å². The summed E-state index contributed by atoms with van der Waals surface area (Å²) in [4.78, 5) is 0. The van der Waals surface area contributed by atoms with Crippen LogP contribution < -0.4 is 5.32 Å². The Hall–Kier alpha value is -1.32. The second kappa shape index (κ2) is 5.55. The van der Waals surface area contributed by atoms with Crippen LogP contribution >= 0.6 is 11.6 Å². The lowest BCUT2D eigenvalue weighted by Gasteiger charge is -2.17. The Labute approximate surface area is 113 Å². The molecule has 0 fully saturated rings. The van der Waals surface area contributed by atoms with Crippen molar-refractivity contribution in [1.29, 1.82) is 0 Å². The van der Waals surface area contributed by atoms with E-state index in [1.165, 1.54) is 0 Å². The molecule has 3 nitrogen and oxygen atoms in total. The average Bonchev–Trinajstić information content (AvgIpc) is 2.84. The van der Waals surface area contributed by atoms with Gasteiger partial charge >= 0.3 is 0 Å². The average molecular weight is 264 g/mol. The lowest BCUT2D eigenvalue weighted by molar-refractivity contribution is 0.653. The maximum absolute atomic E-state index is 6.39. The Kier molecular flexibility index (Phi) is 4.04. The van der Waals surface area contributed by atoms with Crippen LogP contribution in [0.2, 0.25) is 5.02 Å². The quantitative estimate of drug-likeness (QED) is 0.918. The normalized spacial score (nSPS) is 12.7. The molecule has 0 spiro atoms. The minimum absolute atomic E-state index is 0.0812. The first kappa shape index (κ1) is 13.1. The fourth-order valence-corrected chi connectivity index (χ4v) is 2.33. The van der Waals surface area contributed by atoms with Crippen molar-refractivity contribution in [2.24, 2.45) is 0 Å². The zero-order chi connectivity index (χ0) is 13.1. The number of aromatic nitrogens is 2. The van der Waals surface area contributed by atoms with Crippen LogP contribution in [0.1, 0.15) is 29.7 Å². The van der Waals surface area contributed by atoms with E-state index >= 15 is 0 Å². The first-order valence-electron chi connectivity index (χ1n) is 6.12. The fourth-order valence-electron chi connectivity index (χ4n) is 2.10. The Bertz CT molecular complexity index is 534. The molecule has 4 heteroatoms. The van der Waals surface area contributed by atoms with E-state index in [-0.39, 0.29) is 6.04 Å². The van der Waals surface area contributed by atoms with Crippen molar-refractivity contribution in [1.82, 2.24) is 15.1 Å². The smallest absolute Gasteiger partial charge is 0.0620 e. The van der Waals surface area contributed by atoms with Gasteiger partial charge in [0.25, 0.3) is 0 Å².